The van der Waals surface area contributed by atoms with Crippen LogP contribution in [-0.4, -0.2) is 34.5 Å². The number of likely N-dealkylation sites (tertiary alicyclic amines) is 1. The minimum atomic E-state index is -0.903. The van der Waals surface area contributed by atoms with Crippen molar-refractivity contribution in [1.29, 1.82) is 0 Å². The Hall–Kier alpha value is -1.36. The maximum Gasteiger partial charge on any atom is 0.326 e. The third-order valence-electron chi connectivity index (χ3n) is 2.86. The Morgan fingerprint density at radius 1 is 1.56 bits per heavy atom. The quantitative estimate of drug-likeness (QED) is 0.855. The Kier molecular flexibility index (Phi) is 2.96. The van der Waals surface area contributed by atoms with Crippen molar-refractivity contribution in [2.45, 2.75) is 25.8 Å². The number of aryl methyl sites for hydroxylation is 1. The van der Waals surface area contributed by atoms with Gasteiger partial charge in [-0.05, 0) is 36.8 Å². The fourth-order valence-electron chi connectivity index (χ4n) is 1.99. The molecule has 0 unspecified atom stereocenters. The number of amides is 1. The molecule has 1 amide bonds. The molecule has 1 aliphatic heterocycles. The molecular formula is C11H13NO3S. The summed E-state index contributed by atoms with van der Waals surface area (Å²) in [4.78, 5) is 25.2. The number of nitrogens with zero attached hydrogens (tertiary/aromatic N) is 1. The van der Waals surface area contributed by atoms with E-state index in [9.17, 15) is 9.59 Å². The minimum absolute atomic E-state index is 0.141. The zero-order valence-electron chi connectivity index (χ0n) is 8.97. The van der Waals surface area contributed by atoms with Crippen LogP contribution in [0.1, 0.15) is 28.1 Å². The molecule has 0 saturated carbocycles. The number of carboxylic acid groups (broad SMARTS) is 1. The molecule has 5 heteroatoms. The smallest absolute Gasteiger partial charge is 0.326 e. The molecule has 0 spiro atoms. The minimum Gasteiger partial charge on any atom is -0.480 e. The summed E-state index contributed by atoms with van der Waals surface area (Å²) in [6, 6.07) is 1.23. The highest BCUT2D eigenvalue weighted by Gasteiger charge is 2.35. The van der Waals surface area contributed by atoms with E-state index in [1.807, 2.05) is 18.4 Å². The summed E-state index contributed by atoms with van der Waals surface area (Å²) in [5.74, 6) is -1.04. The molecule has 16 heavy (non-hydrogen) atoms. The molecule has 1 N–H and O–H groups in total. The molecule has 1 aromatic rings. The number of carbonyl (C=O) groups is 2. The summed E-state index contributed by atoms with van der Waals surface area (Å²) in [6.07, 6.45) is 1.33. The number of rotatable bonds is 2. The van der Waals surface area contributed by atoms with Crippen LogP contribution in [0.5, 0.6) is 0 Å². The van der Waals surface area contributed by atoms with Crippen molar-refractivity contribution in [3.05, 3.63) is 21.9 Å². The van der Waals surface area contributed by atoms with Crippen molar-refractivity contribution >= 4 is 23.2 Å². The van der Waals surface area contributed by atoms with Crippen molar-refractivity contribution < 1.29 is 14.7 Å². The van der Waals surface area contributed by atoms with Gasteiger partial charge in [0.15, 0.2) is 0 Å². The lowest BCUT2D eigenvalue weighted by Crippen LogP contribution is -2.40. The predicted molar refractivity (Wildman–Crippen MR) is 60.8 cm³/mol. The monoisotopic (exact) mass is 239 g/mol. The molecule has 0 bridgehead atoms. The maximum atomic E-state index is 12.1. The second-order valence-corrected chi connectivity index (χ2v) is 4.84. The molecule has 4 nitrogen and oxygen atoms in total. The number of carboxylic acids is 1. The topological polar surface area (TPSA) is 57.6 Å². The van der Waals surface area contributed by atoms with E-state index in [1.165, 1.54) is 16.2 Å². The molecule has 0 aliphatic carbocycles. The Labute approximate surface area is 97.5 Å². The van der Waals surface area contributed by atoms with Crippen LogP contribution in [0.3, 0.4) is 0 Å². The molecule has 0 radical (unpaired) electrons. The fraction of sp³-hybridized carbons (Fsp3) is 0.455. The third-order valence-corrected chi connectivity index (χ3v) is 3.86. The molecular weight excluding hydrogens is 226 g/mol. The lowest BCUT2D eigenvalue weighted by atomic mass is 10.2. The Morgan fingerprint density at radius 3 is 2.88 bits per heavy atom. The van der Waals surface area contributed by atoms with Crippen LogP contribution in [0.4, 0.5) is 0 Å². The normalized spacial score (nSPS) is 20.1. The first kappa shape index (κ1) is 11.1. The number of hydrogen-bond acceptors (Lipinski definition) is 3. The first-order chi connectivity index (χ1) is 7.61. The van der Waals surface area contributed by atoms with E-state index in [4.69, 9.17) is 5.11 Å². The van der Waals surface area contributed by atoms with Crippen molar-refractivity contribution in [2.75, 3.05) is 6.54 Å². The van der Waals surface area contributed by atoms with Gasteiger partial charge in [-0.25, -0.2) is 4.79 Å². The van der Waals surface area contributed by atoms with Crippen LogP contribution >= 0.6 is 11.3 Å². The van der Waals surface area contributed by atoms with Crippen LogP contribution in [0.2, 0.25) is 0 Å². The lowest BCUT2D eigenvalue weighted by molar-refractivity contribution is -0.141. The van der Waals surface area contributed by atoms with E-state index in [0.29, 0.717) is 17.8 Å². The van der Waals surface area contributed by atoms with Crippen LogP contribution in [0.15, 0.2) is 11.4 Å². The van der Waals surface area contributed by atoms with Crippen molar-refractivity contribution in [1.82, 2.24) is 4.90 Å². The molecule has 0 aromatic carbocycles. The summed E-state index contributed by atoms with van der Waals surface area (Å²) < 4.78 is 0. The Balaban J connectivity index is 2.22. The Bertz CT molecular complexity index is 427. The van der Waals surface area contributed by atoms with Crippen molar-refractivity contribution in [2.24, 2.45) is 0 Å². The Morgan fingerprint density at radius 2 is 2.31 bits per heavy atom. The lowest BCUT2D eigenvalue weighted by Gasteiger charge is -2.20. The van der Waals surface area contributed by atoms with Gasteiger partial charge in [-0.3, -0.25) is 4.79 Å². The van der Waals surface area contributed by atoms with Crippen molar-refractivity contribution in [3.8, 4) is 0 Å². The molecule has 1 atom stereocenters. The summed E-state index contributed by atoms with van der Waals surface area (Å²) in [5, 5.41) is 10.9. The van der Waals surface area contributed by atoms with Gasteiger partial charge in [-0.1, -0.05) is 0 Å². The van der Waals surface area contributed by atoms with Crippen molar-refractivity contribution in [3.63, 3.8) is 0 Å². The van der Waals surface area contributed by atoms with Gasteiger partial charge in [0, 0.05) is 6.54 Å². The highest BCUT2D eigenvalue weighted by atomic mass is 32.1. The van der Waals surface area contributed by atoms with E-state index in [2.05, 4.69) is 0 Å². The largest absolute Gasteiger partial charge is 0.480 e. The third kappa shape index (κ3) is 1.82. The highest BCUT2D eigenvalue weighted by molar-refractivity contribution is 7.12. The van der Waals surface area contributed by atoms with Gasteiger partial charge in [0.1, 0.15) is 6.04 Å². The van der Waals surface area contributed by atoms with E-state index >= 15 is 0 Å². The highest BCUT2D eigenvalue weighted by Crippen LogP contribution is 2.24. The molecule has 1 saturated heterocycles. The molecule has 2 rings (SSSR count). The van der Waals surface area contributed by atoms with Gasteiger partial charge < -0.3 is 10.0 Å². The predicted octanol–water partition coefficient (Wildman–Crippen LogP) is 1.75. The van der Waals surface area contributed by atoms with Gasteiger partial charge in [0.25, 0.3) is 5.91 Å². The van der Waals surface area contributed by atoms with Crippen LogP contribution in [0.25, 0.3) is 0 Å². The first-order valence-electron chi connectivity index (χ1n) is 5.19. The standard InChI is InChI=1S/C11H13NO3S/c1-7-4-6-16-9(7)10(13)12-5-2-3-8(12)11(14)15/h4,6,8H,2-3,5H2,1H3,(H,14,15)/t8-/m1/s1. The molecule has 86 valence electrons. The number of carbonyl (C=O) groups excluding carboxylic acids is 1. The van der Waals surface area contributed by atoms with Gasteiger partial charge >= 0.3 is 5.97 Å². The summed E-state index contributed by atoms with van der Waals surface area (Å²) in [6.45, 7) is 2.42. The summed E-state index contributed by atoms with van der Waals surface area (Å²) >= 11 is 1.37. The van der Waals surface area contributed by atoms with E-state index in [0.717, 1.165) is 12.0 Å². The van der Waals surface area contributed by atoms with Gasteiger partial charge in [-0.15, -0.1) is 11.3 Å². The average Bonchev–Trinajstić information content (AvgIpc) is 2.84. The molecule has 1 aliphatic rings. The number of thiophene rings is 1. The van der Waals surface area contributed by atoms with Gasteiger partial charge in [0.05, 0.1) is 4.88 Å². The maximum absolute atomic E-state index is 12.1. The van der Waals surface area contributed by atoms with Gasteiger partial charge in [-0.2, -0.15) is 0 Å². The average molecular weight is 239 g/mol. The molecule has 1 aromatic heterocycles. The van der Waals surface area contributed by atoms with Crippen LogP contribution in [0, 0.1) is 6.92 Å². The van der Waals surface area contributed by atoms with E-state index in [-0.39, 0.29) is 5.91 Å². The zero-order valence-corrected chi connectivity index (χ0v) is 9.79. The number of aliphatic carboxylic acids is 1. The van der Waals surface area contributed by atoms with E-state index < -0.39 is 12.0 Å². The molecule has 1 fully saturated rings. The van der Waals surface area contributed by atoms with Crippen LogP contribution in [-0.2, 0) is 4.79 Å². The first-order valence-corrected chi connectivity index (χ1v) is 6.07. The fourth-order valence-corrected chi connectivity index (χ4v) is 2.87. The second kappa shape index (κ2) is 4.25. The summed E-state index contributed by atoms with van der Waals surface area (Å²) in [7, 11) is 0. The SMILES string of the molecule is Cc1ccsc1C(=O)N1CCC[C@@H]1C(=O)O. The zero-order chi connectivity index (χ0) is 11.7. The van der Waals surface area contributed by atoms with Crippen LogP contribution < -0.4 is 0 Å². The molecule has 2 heterocycles. The van der Waals surface area contributed by atoms with E-state index in [1.54, 1.807) is 0 Å². The number of hydrogen-bond donors (Lipinski definition) is 1. The summed E-state index contributed by atoms with van der Waals surface area (Å²) in [5.41, 5.74) is 0.922. The van der Waals surface area contributed by atoms with Gasteiger partial charge in [0.2, 0.25) is 0 Å². The second-order valence-electron chi connectivity index (χ2n) is 3.93.